The lowest BCUT2D eigenvalue weighted by Gasteiger charge is -2.48. The Hall–Kier alpha value is -1.47. The maximum absolute atomic E-state index is 9.29. The van der Waals surface area contributed by atoms with Crippen molar-refractivity contribution in [3.05, 3.63) is 40.9 Å². The van der Waals surface area contributed by atoms with Gasteiger partial charge in [-0.15, -0.1) is 0 Å². The van der Waals surface area contributed by atoms with Crippen LogP contribution in [0.15, 0.2) is 40.9 Å². The molecule has 1 aliphatic carbocycles. The molecular formula is C13H12BrN3. The lowest BCUT2D eigenvalue weighted by molar-refractivity contribution is 0.207. The smallest absolute Gasteiger partial charge is 0.200 e. The van der Waals surface area contributed by atoms with Crippen molar-refractivity contribution in [2.75, 3.05) is 5.01 Å². The molecule has 4 rings (SSSR count). The highest BCUT2D eigenvalue weighted by molar-refractivity contribution is 9.10. The summed E-state index contributed by atoms with van der Waals surface area (Å²) < 4.78 is 1.06. The Balaban J connectivity index is 1.99. The highest BCUT2D eigenvalue weighted by atomic mass is 79.9. The van der Waals surface area contributed by atoms with E-state index in [0.717, 1.165) is 23.0 Å². The highest BCUT2D eigenvalue weighted by Crippen LogP contribution is 2.34. The number of benzene rings is 1. The molecule has 1 aromatic rings. The molecule has 2 aliphatic heterocycles. The van der Waals surface area contributed by atoms with Crippen LogP contribution >= 0.6 is 15.9 Å². The van der Waals surface area contributed by atoms with Crippen LogP contribution in [0.25, 0.3) is 0 Å². The monoisotopic (exact) mass is 289 g/mol. The predicted octanol–water partition coefficient (Wildman–Crippen LogP) is 3.05. The van der Waals surface area contributed by atoms with Gasteiger partial charge in [0.15, 0.2) is 0 Å². The molecule has 86 valence electrons. The minimum absolute atomic E-state index is 0.230. The zero-order valence-corrected chi connectivity index (χ0v) is 10.8. The van der Waals surface area contributed by atoms with Gasteiger partial charge in [-0.05, 0) is 37.1 Å². The lowest BCUT2D eigenvalue weighted by Crippen LogP contribution is -2.57. The second kappa shape index (κ2) is 4.08. The Morgan fingerprint density at radius 3 is 2.35 bits per heavy atom. The van der Waals surface area contributed by atoms with Crippen molar-refractivity contribution in [1.29, 1.82) is 5.26 Å². The van der Waals surface area contributed by atoms with Gasteiger partial charge in [-0.1, -0.05) is 28.1 Å². The van der Waals surface area contributed by atoms with Gasteiger partial charge >= 0.3 is 0 Å². The summed E-state index contributed by atoms with van der Waals surface area (Å²) >= 11 is 3.43. The molecule has 0 aromatic heterocycles. The fraction of sp³-hybridized carbons (Fsp3) is 0.308. The predicted molar refractivity (Wildman–Crippen MR) is 70.0 cm³/mol. The summed E-state index contributed by atoms with van der Waals surface area (Å²) in [5.41, 5.74) is 1.08. The first-order chi connectivity index (χ1) is 8.29. The quantitative estimate of drug-likeness (QED) is 0.588. The van der Waals surface area contributed by atoms with Crippen LogP contribution in [0.2, 0.25) is 0 Å². The van der Waals surface area contributed by atoms with Crippen molar-refractivity contribution in [2.24, 2.45) is 0 Å². The number of nitrogens with zero attached hydrogens (tertiary/aromatic N) is 3. The van der Waals surface area contributed by atoms with E-state index in [4.69, 9.17) is 0 Å². The molecule has 3 aliphatic rings. The Morgan fingerprint density at radius 2 is 1.76 bits per heavy atom. The van der Waals surface area contributed by atoms with Gasteiger partial charge in [0.2, 0.25) is 6.19 Å². The fourth-order valence-corrected chi connectivity index (χ4v) is 2.81. The minimum atomic E-state index is 0.230. The van der Waals surface area contributed by atoms with E-state index in [0.29, 0.717) is 6.04 Å². The third-order valence-electron chi connectivity index (χ3n) is 3.37. The molecule has 0 spiro atoms. The molecule has 0 amide bonds. The summed E-state index contributed by atoms with van der Waals surface area (Å²) in [5.74, 6) is 0. The molecule has 0 saturated carbocycles. The molecule has 2 unspecified atom stereocenters. The van der Waals surface area contributed by atoms with Gasteiger partial charge in [0.1, 0.15) is 0 Å². The maximum atomic E-state index is 9.29. The van der Waals surface area contributed by atoms with Gasteiger partial charge < -0.3 is 0 Å². The molecule has 1 fully saturated rings. The van der Waals surface area contributed by atoms with E-state index in [1.165, 1.54) is 0 Å². The number of hydrazine groups is 1. The molecule has 17 heavy (non-hydrogen) atoms. The van der Waals surface area contributed by atoms with Crippen LogP contribution in [-0.2, 0) is 0 Å². The Labute approximate surface area is 109 Å². The Morgan fingerprint density at radius 1 is 1.12 bits per heavy atom. The zero-order chi connectivity index (χ0) is 11.8. The standard InChI is InChI=1S/C13H12BrN3/c14-10-1-3-12(4-2-10)17-13-7-5-11(6-8-13)16(17)9-15/h1-5,7,11,13H,6,8H2. The molecule has 3 nitrogen and oxygen atoms in total. The Bertz CT molecular complexity index is 488. The third kappa shape index (κ3) is 1.71. The van der Waals surface area contributed by atoms with Crippen molar-refractivity contribution >= 4 is 21.6 Å². The second-order valence-electron chi connectivity index (χ2n) is 4.36. The SMILES string of the molecule is N#CN1C2C=CC(CC2)N1c1ccc(Br)cc1. The number of anilines is 1. The van der Waals surface area contributed by atoms with Gasteiger partial charge in [0, 0.05) is 4.47 Å². The highest BCUT2D eigenvalue weighted by Gasteiger charge is 2.36. The molecule has 2 heterocycles. The van der Waals surface area contributed by atoms with E-state index in [-0.39, 0.29) is 6.04 Å². The first kappa shape index (κ1) is 10.7. The van der Waals surface area contributed by atoms with Crippen molar-refractivity contribution < 1.29 is 0 Å². The van der Waals surface area contributed by atoms with Gasteiger partial charge in [-0.25, -0.2) is 5.01 Å². The molecule has 0 radical (unpaired) electrons. The van der Waals surface area contributed by atoms with E-state index in [9.17, 15) is 5.26 Å². The van der Waals surface area contributed by atoms with Crippen molar-refractivity contribution in [2.45, 2.75) is 24.9 Å². The Kier molecular flexibility index (Phi) is 2.56. The number of hydrogen-bond donors (Lipinski definition) is 0. The number of rotatable bonds is 1. The summed E-state index contributed by atoms with van der Waals surface area (Å²) in [4.78, 5) is 0. The van der Waals surface area contributed by atoms with Gasteiger partial charge in [-0.2, -0.15) is 5.26 Å². The molecule has 0 N–H and O–H groups in total. The lowest BCUT2D eigenvalue weighted by atomic mass is 9.94. The molecular weight excluding hydrogens is 278 g/mol. The fourth-order valence-electron chi connectivity index (χ4n) is 2.55. The average Bonchev–Trinajstić information content (AvgIpc) is 2.40. The van der Waals surface area contributed by atoms with E-state index in [1.54, 1.807) is 5.01 Å². The minimum Gasteiger partial charge on any atom is -0.269 e. The number of nitriles is 1. The van der Waals surface area contributed by atoms with Crippen LogP contribution in [0.1, 0.15) is 12.8 Å². The van der Waals surface area contributed by atoms with Crippen molar-refractivity contribution in [3.8, 4) is 6.19 Å². The van der Waals surface area contributed by atoms with Crippen molar-refractivity contribution in [1.82, 2.24) is 5.01 Å². The van der Waals surface area contributed by atoms with E-state index < -0.39 is 0 Å². The topological polar surface area (TPSA) is 30.3 Å². The first-order valence-electron chi connectivity index (χ1n) is 5.71. The maximum Gasteiger partial charge on any atom is 0.200 e. The van der Waals surface area contributed by atoms with E-state index in [2.05, 4.69) is 39.3 Å². The van der Waals surface area contributed by atoms with Crippen LogP contribution in [0.5, 0.6) is 0 Å². The second-order valence-corrected chi connectivity index (χ2v) is 5.28. The van der Waals surface area contributed by atoms with Crippen LogP contribution in [0.4, 0.5) is 5.69 Å². The summed E-state index contributed by atoms with van der Waals surface area (Å²) in [5, 5.41) is 13.2. The normalized spacial score (nSPS) is 26.1. The largest absolute Gasteiger partial charge is 0.269 e. The van der Waals surface area contributed by atoms with Crippen LogP contribution < -0.4 is 5.01 Å². The molecule has 1 saturated heterocycles. The van der Waals surface area contributed by atoms with Crippen LogP contribution in [0, 0.1) is 11.5 Å². The van der Waals surface area contributed by atoms with Gasteiger partial charge in [0.05, 0.1) is 17.8 Å². The summed E-state index contributed by atoms with van der Waals surface area (Å²) in [6.45, 7) is 0. The third-order valence-corrected chi connectivity index (χ3v) is 3.90. The van der Waals surface area contributed by atoms with Crippen molar-refractivity contribution in [3.63, 3.8) is 0 Å². The van der Waals surface area contributed by atoms with E-state index in [1.807, 2.05) is 24.3 Å². The van der Waals surface area contributed by atoms with Crippen LogP contribution in [-0.4, -0.2) is 17.1 Å². The van der Waals surface area contributed by atoms with Crippen LogP contribution in [0.3, 0.4) is 0 Å². The summed E-state index contributed by atoms with van der Waals surface area (Å²) in [6, 6.07) is 8.66. The number of halogens is 1. The zero-order valence-electron chi connectivity index (χ0n) is 9.25. The number of fused-ring (bicyclic) bond motifs is 2. The van der Waals surface area contributed by atoms with Gasteiger partial charge in [0.25, 0.3) is 0 Å². The molecule has 1 aromatic carbocycles. The first-order valence-corrected chi connectivity index (χ1v) is 6.51. The summed E-state index contributed by atoms with van der Waals surface area (Å²) in [6.07, 6.45) is 8.84. The molecule has 2 bridgehead atoms. The van der Waals surface area contributed by atoms with E-state index >= 15 is 0 Å². The molecule has 4 heteroatoms. The summed E-state index contributed by atoms with van der Waals surface area (Å²) in [7, 11) is 0. The average molecular weight is 290 g/mol. The van der Waals surface area contributed by atoms with Gasteiger partial charge in [-0.3, -0.25) is 5.01 Å². The number of hydrogen-bond acceptors (Lipinski definition) is 3. The molecule has 2 atom stereocenters.